The number of rotatable bonds is 7. The van der Waals surface area contributed by atoms with Gasteiger partial charge in [-0.25, -0.2) is 32.5 Å². The third-order valence-corrected chi connectivity index (χ3v) is 5.28. The van der Waals surface area contributed by atoms with Crippen LogP contribution in [0.3, 0.4) is 0 Å². The Morgan fingerprint density at radius 1 is 1.32 bits per heavy atom. The van der Waals surface area contributed by atoms with E-state index in [4.69, 9.17) is 10.5 Å². The van der Waals surface area contributed by atoms with Crippen molar-refractivity contribution < 1.29 is 31.8 Å². The number of nitrogens with two attached hydrogens (primary N) is 1. The van der Waals surface area contributed by atoms with Crippen molar-refractivity contribution in [3.8, 4) is 5.88 Å². The van der Waals surface area contributed by atoms with Crippen LogP contribution in [0.1, 0.15) is 35.5 Å². The van der Waals surface area contributed by atoms with Crippen molar-refractivity contribution in [1.29, 1.82) is 0 Å². The molecule has 0 radical (unpaired) electrons. The standard InChI is InChI=1S/C20H20F4N4O3/c1-10-17(18(23)24)31-19(25)28-20(10,2)12-5-11(3-4-13(12)22)6-15(29)14-7-27-16(8-26-14)30-9-21/h3-5,7-8,10,17-18H,6,9H2,1-2H3,(H2,25,28)/t10-,17-,20-/m0/s1. The molecule has 2 N–H and O–H groups in total. The van der Waals surface area contributed by atoms with Crippen molar-refractivity contribution >= 4 is 11.8 Å². The highest BCUT2D eigenvalue weighted by Crippen LogP contribution is 2.42. The fourth-order valence-electron chi connectivity index (χ4n) is 3.43. The van der Waals surface area contributed by atoms with Crippen molar-refractivity contribution in [2.45, 2.75) is 38.3 Å². The third-order valence-electron chi connectivity index (χ3n) is 5.28. The molecule has 2 aromatic rings. The molecule has 0 fully saturated rings. The minimum atomic E-state index is -2.85. The maximum Gasteiger partial charge on any atom is 0.283 e. The van der Waals surface area contributed by atoms with Crippen LogP contribution in [0.15, 0.2) is 35.6 Å². The first kappa shape index (κ1) is 22.4. The fraction of sp³-hybridized carbons (Fsp3) is 0.400. The fourth-order valence-corrected chi connectivity index (χ4v) is 3.43. The summed E-state index contributed by atoms with van der Waals surface area (Å²) in [5, 5.41) is 0. The third kappa shape index (κ3) is 4.59. The summed E-state index contributed by atoms with van der Waals surface area (Å²) in [6, 6.07) is 3.47. The first-order valence-corrected chi connectivity index (χ1v) is 9.28. The van der Waals surface area contributed by atoms with Gasteiger partial charge in [-0.2, -0.15) is 0 Å². The molecule has 1 aliphatic rings. The van der Waals surface area contributed by atoms with Crippen LogP contribution in [0.4, 0.5) is 17.6 Å². The molecule has 3 atom stereocenters. The van der Waals surface area contributed by atoms with Crippen LogP contribution >= 0.6 is 0 Å². The molecule has 0 saturated heterocycles. The van der Waals surface area contributed by atoms with Crippen molar-refractivity contribution in [3.63, 3.8) is 0 Å². The summed E-state index contributed by atoms with van der Waals surface area (Å²) in [4.78, 5) is 24.3. The van der Waals surface area contributed by atoms with E-state index in [-0.39, 0.29) is 23.6 Å². The SMILES string of the molecule is C[C@H]1[C@@H](C(F)F)OC(N)=N[C@]1(C)c1cc(CC(=O)c2cnc(OCF)cn2)ccc1F. The highest BCUT2D eigenvalue weighted by Gasteiger charge is 2.47. The molecule has 0 spiro atoms. The Bertz CT molecular complexity index is 987. The van der Waals surface area contributed by atoms with Gasteiger partial charge >= 0.3 is 0 Å². The van der Waals surface area contributed by atoms with Gasteiger partial charge in [-0.05, 0) is 24.6 Å². The Morgan fingerprint density at radius 2 is 2.06 bits per heavy atom. The number of ketones is 1. The van der Waals surface area contributed by atoms with Gasteiger partial charge in [-0.1, -0.05) is 13.0 Å². The zero-order valence-electron chi connectivity index (χ0n) is 16.7. The molecular formula is C20H20F4N4O3. The van der Waals surface area contributed by atoms with E-state index in [1.54, 1.807) is 0 Å². The number of amidine groups is 1. The maximum absolute atomic E-state index is 14.7. The van der Waals surface area contributed by atoms with Gasteiger partial charge in [0.1, 0.15) is 11.5 Å². The van der Waals surface area contributed by atoms with E-state index < -0.39 is 48.5 Å². The van der Waals surface area contributed by atoms with Gasteiger partial charge in [-0.15, -0.1) is 0 Å². The zero-order valence-corrected chi connectivity index (χ0v) is 16.7. The summed E-state index contributed by atoms with van der Waals surface area (Å²) in [5.41, 5.74) is 4.58. The van der Waals surface area contributed by atoms with Crippen molar-refractivity contribution in [2.75, 3.05) is 6.86 Å². The lowest BCUT2D eigenvalue weighted by atomic mass is 9.76. The van der Waals surface area contributed by atoms with E-state index >= 15 is 0 Å². The average Bonchev–Trinajstić information content (AvgIpc) is 2.72. The number of nitrogens with zero attached hydrogens (tertiary/aromatic N) is 3. The Hall–Kier alpha value is -3.24. The summed E-state index contributed by atoms with van der Waals surface area (Å²) in [7, 11) is 0. The molecule has 1 aromatic carbocycles. The van der Waals surface area contributed by atoms with Gasteiger partial charge in [0.25, 0.3) is 12.4 Å². The smallest absolute Gasteiger partial charge is 0.283 e. The number of alkyl halides is 3. The number of Topliss-reactive ketones (excluding diaryl/α,β-unsaturated/α-hetero) is 1. The summed E-state index contributed by atoms with van der Waals surface area (Å²) >= 11 is 0. The van der Waals surface area contributed by atoms with Crippen LogP contribution < -0.4 is 10.5 Å². The highest BCUT2D eigenvalue weighted by molar-refractivity contribution is 5.95. The van der Waals surface area contributed by atoms with Gasteiger partial charge in [0.05, 0.1) is 17.9 Å². The molecule has 1 aromatic heterocycles. The Balaban J connectivity index is 1.89. The van der Waals surface area contributed by atoms with E-state index in [9.17, 15) is 22.4 Å². The zero-order chi connectivity index (χ0) is 22.8. The van der Waals surface area contributed by atoms with Gasteiger partial charge < -0.3 is 15.2 Å². The number of ether oxygens (including phenoxy) is 2. The normalized spacial score (nSPS) is 23.3. The molecule has 0 amide bonds. The topological polar surface area (TPSA) is 99.7 Å². The average molecular weight is 440 g/mol. The minimum Gasteiger partial charge on any atom is -0.456 e. The number of carbonyl (C=O) groups excluding carboxylic acids is 1. The van der Waals surface area contributed by atoms with E-state index in [1.165, 1.54) is 26.0 Å². The minimum absolute atomic E-state index is 0.00255. The molecule has 0 saturated carbocycles. The number of halogens is 4. The molecular weight excluding hydrogens is 420 g/mol. The highest BCUT2D eigenvalue weighted by atomic mass is 19.3. The summed E-state index contributed by atoms with van der Waals surface area (Å²) in [5.74, 6) is -2.09. The molecule has 3 rings (SSSR count). The second-order valence-corrected chi connectivity index (χ2v) is 7.21. The number of hydrogen-bond donors (Lipinski definition) is 1. The van der Waals surface area contributed by atoms with Crippen LogP contribution in [0, 0.1) is 11.7 Å². The Labute approximate surface area is 175 Å². The molecule has 0 unspecified atom stereocenters. The van der Waals surface area contributed by atoms with Crippen molar-refractivity contribution in [1.82, 2.24) is 9.97 Å². The molecule has 31 heavy (non-hydrogen) atoms. The first-order valence-electron chi connectivity index (χ1n) is 9.28. The number of benzene rings is 1. The van der Waals surface area contributed by atoms with Gasteiger partial charge in [-0.3, -0.25) is 4.79 Å². The number of aromatic nitrogens is 2. The van der Waals surface area contributed by atoms with E-state index in [2.05, 4.69) is 19.7 Å². The monoisotopic (exact) mass is 440 g/mol. The Morgan fingerprint density at radius 3 is 2.68 bits per heavy atom. The van der Waals surface area contributed by atoms with Crippen LogP contribution in [0.5, 0.6) is 5.88 Å². The predicted molar refractivity (Wildman–Crippen MR) is 102 cm³/mol. The first-order chi connectivity index (χ1) is 14.7. The molecule has 0 aliphatic carbocycles. The molecule has 11 heteroatoms. The van der Waals surface area contributed by atoms with Gasteiger partial charge in [0, 0.05) is 17.9 Å². The summed E-state index contributed by atoms with van der Waals surface area (Å²) in [6.07, 6.45) is -2.33. The number of aliphatic imine (C=N–C) groups is 1. The second kappa shape index (κ2) is 8.86. The van der Waals surface area contributed by atoms with Gasteiger partial charge in [0.15, 0.2) is 11.9 Å². The molecule has 1 aliphatic heterocycles. The van der Waals surface area contributed by atoms with Crippen molar-refractivity contribution in [3.05, 3.63) is 53.2 Å². The van der Waals surface area contributed by atoms with E-state index in [1.807, 2.05) is 0 Å². The van der Waals surface area contributed by atoms with Crippen LogP contribution in [-0.2, 0) is 16.7 Å². The maximum atomic E-state index is 14.7. The van der Waals surface area contributed by atoms with Gasteiger partial charge in [0.2, 0.25) is 12.7 Å². The lowest BCUT2D eigenvalue weighted by Gasteiger charge is -2.40. The van der Waals surface area contributed by atoms with Crippen molar-refractivity contribution in [2.24, 2.45) is 16.6 Å². The quantitative estimate of drug-likeness (QED) is 0.525. The number of carbonyl (C=O) groups is 1. The largest absolute Gasteiger partial charge is 0.456 e. The lowest BCUT2D eigenvalue weighted by Crippen LogP contribution is -2.49. The van der Waals surface area contributed by atoms with Crippen LogP contribution in [0.2, 0.25) is 0 Å². The molecule has 0 bridgehead atoms. The predicted octanol–water partition coefficient (Wildman–Crippen LogP) is 3.18. The summed E-state index contributed by atoms with van der Waals surface area (Å²) in [6.45, 7) is 1.88. The molecule has 2 heterocycles. The molecule has 7 nitrogen and oxygen atoms in total. The number of hydrogen-bond acceptors (Lipinski definition) is 7. The van der Waals surface area contributed by atoms with E-state index in [0.717, 1.165) is 18.5 Å². The van der Waals surface area contributed by atoms with Crippen LogP contribution in [-0.4, -0.2) is 41.2 Å². The van der Waals surface area contributed by atoms with E-state index in [0.29, 0.717) is 5.56 Å². The lowest BCUT2D eigenvalue weighted by molar-refractivity contribution is -0.0573. The summed E-state index contributed by atoms with van der Waals surface area (Å²) < 4.78 is 63.1. The Kier molecular flexibility index (Phi) is 6.42. The molecule has 166 valence electrons. The second-order valence-electron chi connectivity index (χ2n) is 7.21. The van der Waals surface area contributed by atoms with Crippen LogP contribution in [0.25, 0.3) is 0 Å².